The number of fused-ring (bicyclic) bond motifs is 5. The first-order valence-electron chi connectivity index (χ1n) is 10.9. The van der Waals surface area contributed by atoms with E-state index in [1.165, 1.54) is 0 Å². The highest BCUT2D eigenvalue weighted by molar-refractivity contribution is 7.81. The monoisotopic (exact) mass is 444 g/mol. The van der Waals surface area contributed by atoms with Crippen molar-refractivity contribution in [2.45, 2.75) is 76.9 Å². The molecule has 8 nitrogen and oxygen atoms in total. The molecule has 0 saturated heterocycles. The molecule has 170 valence electrons. The SMILES string of the molecule is C[C@]12CC[C@@H](O)C[C@H]1CC[C@@H]1[C@@H]2C(=O)C[C@@]2(C)[C@H]1CC[C@]2(OS(=O)(=O)O)C(=O)CO. The number of rotatable bonds is 4. The Morgan fingerprint density at radius 1 is 1.17 bits per heavy atom. The summed E-state index contributed by atoms with van der Waals surface area (Å²) in [5, 5.41) is 19.7. The van der Waals surface area contributed by atoms with Gasteiger partial charge >= 0.3 is 10.4 Å². The lowest BCUT2D eigenvalue weighted by Gasteiger charge is -2.60. The van der Waals surface area contributed by atoms with Crippen molar-refractivity contribution in [2.24, 2.45) is 34.5 Å². The number of carbonyl (C=O) groups is 2. The Balaban J connectivity index is 1.75. The van der Waals surface area contributed by atoms with Gasteiger partial charge in [-0.05, 0) is 68.1 Å². The maximum Gasteiger partial charge on any atom is 0.398 e. The minimum absolute atomic E-state index is 0.00158. The molecule has 3 N–H and O–H groups in total. The topological polar surface area (TPSA) is 138 Å². The number of aliphatic hydroxyl groups is 2. The molecular weight excluding hydrogens is 412 g/mol. The number of carbonyl (C=O) groups excluding carboxylic acids is 2. The average molecular weight is 445 g/mol. The number of hydrogen-bond acceptors (Lipinski definition) is 7. The van der Waals surface area contributed by atoms with E-state index in [0.29, 0.717) is 19.3 Å². The van der Waals surface area contributed by atoms with Crippen molar-refractivity contribution in [3.63, 3.8) is 0 Å². The van der Waals surface area contributed by atoms with E-state index in [2.05, 4.69) is 6.92 Å². The average Bonchev–Trinajstić information content (AvgIpc) is 2.92. The van der Waals surface area contributed by atoms with E-state index in [-0.39, 0.29) is 53.8 Å². The fraction of sp³-hybridized carbons (Fsp3) is 0.905. The van der Waals surface area contributed by atoms with Crippen LogP contribution in [0.1, 0.15) is 65.2 Å². The van der Waals surface area contributed by atoms with E-state index < -0.39 is 33.8 Å². The van der Waals surface area contributed by atoms with Crippen molar-refractivity contribution < 1.29 is 37.0 Å². The van der Waals surface area contributed by atoms with Crippen LogP contribution in [-0.4, -0.2) is 53.1 Å². The highest BCUT2D eigenvalue weighted by atomic mass is 32.3. The molecule has 4 saturated carbocycles. The summed E-state index contributed by atoms with van der Waals surface area (Å²) in [7, 11) is -4.96. The summed E-state index contributed by atoms with van der Waals surface area (Å²) in [5.41, 5.74) is -3.25. The molecule has 4 fully saturated rings. The molecule has 0 bridgehead atoms. The number of aliphatic hydroxyl groups excluding tert-OH is 2. The Kier molecular flexibility index (Phi) is 5.26. The molecule has 0 unspecified atom stereocenters. The fourth-order valence-corrected chi connectivity index (χ4v) is 8.71. The molecule has 0 heterocycles. The lowest BCUT2D eigenvalue weighted by Crippen LogP contribution is -2.63. The van der Waals surface area contributed by atoms with Gasteiger partial charge in [0.05, 0.1) is 6.10 Å². The maximum atomic E-state index is 13.6. The van der Waals surface area contributed by atoms with Gasteiger partial charge in [-0.3, -0.25) is 14.1 Å². The van der Waals surface area contributed by atoms with Crippen molar-refractivity contribution in [1.82, 2.24) is 0 Å². The van der Waals surface area contributed by atoms with Crippen LogP contribution in [0.2, 0.25) is 0 Å². The van der Waals surface area contributed by atoms with Crippen LogP contribution in [0.15, 0.2) is 0 Å². The van der Waals surface area contributed by atoms with E-state index in [9.17, 15) is 32.8 Å². The summed E-state index contributed by atoms with van der Waals surface area (Å²) >= 11 is 0. The first kappa shape index (κ1) is 22.3. The van der Waals surface area contributed by atoms with Gasteiger partial charge in [-0.2, -0.15) is 8.42 Å². The van der Waals surface area contributed by atoms with E-state index in [1.54, 1.807) is 6.92 Å². The van der Waals surface area contributed by atoms with Gasteiger partial charge in [0.1, 0.15) is 12.4 Å². The Bertz CT molecular complexity index is 855. The molecule has 0 amide bonds. The first-order valence-corrected chi connectivity index (χ1v) is 12.3. The molecule has 0 radical (unpaired) electrons. The number of Topliss-reactive ketones (excluding diaryl/α,β-unsaturated/α-hetero) is 2. The van der Waals surface area contributed by atoms with Gasteiger partial charge in [-0.25, -0.2) is 4.18 Å². The second-order valence-electron chi connectivity index (χ2n) is 10.5. The van der Waals surface area contributed by atoms with Crippen LogP contribution in [0.3, 0.4) is 0 Å². The van der Waals surface area contributed by atoms with Gasteiger partial charge in [0, 0.05) is 17.8 Å². The normalized spacial score (nSPS) is 48.6. The van der Waals surface area contributed by atoms with Crippen molar-refractivity contribution >= 4 is 22.0 Å². The maximum absolute atomic E-state index is 13.6. The first-order chi connectivity index (χ1) is 13.9. The van der Waals surface area contributed by atoms with Crippen molar-refractivity contribution in [3.8, 4) is 0 Å². The summed E-state index contributed by atoms with van der Waals surface area (Å²) in [6, 6.07) is 0. The zero-order valence-electron chi connectivity index (χ0n) is 17.5. The second kappa shape index (κ2) is 7.07. The van der Waals surface area contributed by atoms with Gasteiger partial charge in [0.25, 0.3) is 0 Å². The van der Waals surface area contributed by atoms with Gasteiger partial charge < -0.3 is 10.2 Å². The zero-order valence-corrected chi connectivity index (χ0v) is 18.4. The predicted octanol–water partition coefficient (Wildman–Crippen LogP) is 1.69. The Labute approximate surface area is 177 Å². The largest absolute Gasteiger partial charge is 0.398 e. The standard InChI is InChI=1S/C21H32O8S/c1-19-7-5-13(23)9-12(19)3-4-14-15-6-8-21(17(25)11-22,29-30(26,27)28)20(15,2)10-16(24)18(14)19/h12-15,18,22-23H,3-11H2,1-2H3,(H,26,27,28)/t12-,13-,14+,15+,18-,19+,20+,21+/m1/s1. The minimum atomic E-state index is -4.96. The molecule has 0 aromatic rings. The molecule has 4 aliphatic rings. The van der Waals surface area contributed by atoms with E-state index in [4.69, 9.17) is 4.18 Å². The fourth-order valence-electron chi connectivity index (χ4n) is 7.99. The van der Waals surface area contributed by atoms with Crippen LogP contribution < -0.4 is 0 Å². The van der Waals surface area contributed by atoms with Crippen molar-refractivity contribution in [2.75, 3.05) is 6.61 Å². The zero-order chi connectivity index (χ0) is 22.1. The highest BCUT2D eigenvalue weighted by Crippen LogP contribution is 2.68. The van der Waals surface area contributed by atoms with Crippen LogP contribution in [0.4, 0.5) is 0 Å². The van der Waals surface area contributed by atoms with Gasteiger partial charge in [-0.1, -0.05) is 13.8 Å². The molecule has 8 atom stereocenters. The Hall–Kier alpha value is -0.870. The summed E-state index contributed by atoms with van der Waals surface area (Å²) < 4.78 is 37.7. The van der Waals surface area contributed by atoms with Gasteiger partial charge in [0.15, 0.2) is 11.4 Å². The third-order valence-corrected chi connectivity index (χ3v) is 9.78. The third kappa shape index (κ3) is 3.03. The molecule has 4 rings (SSSR count). The summed E-state index contributed by atoms with van der Waals surface area (Å²) in [6.45, 7) is 2.94. The summed E-state index contributed by atoms with van der Waals surface area (Å²) in [5.74, 6) is -0.855. The smallest absolute Gasteiger partial charge is 0.393 e. The molecule has 0 spiro atoms. The van der Waals surface area contributed by atoms with Gasteiger partial charge in [-0.15, -0.1) is 0 Å². The van der Waals surface area contributed by atoms with Crippen LogP contribution in [0, 0.1) is 34.5 Å². The second-order valence-corrected chi connectivity index (χ2v) is 11.5. The molecule has 0 aliphatic heterocycles. The lowest BCUT2D eigenvalue weighted by molar-refractivity contribution is -0.176. The molecule has 30 heavy (non-hydrogen) atoms. The summed E-state index contributed by atoms with van der Waals surface area (Å²) in [4.78, 5) is 26.4. The van der Waals surface area contributed by atoms with Crippen molar-refractivity contribution in [3.05, 3.63) is 0 Å². The van der Waals surface area contributed by atoms with E-state index in [1.807, 2.05) is 0 Å². The van der Waals surface area contributed by atoms with E-state index in [0.717, 1.165) is 19.3 Å². The van der Waals surface area contributed by atoms with Crippen LogP contribution in [-0.2, 0) is 24.2 Å². The van der Waals surface area contributed by atoms with Crippen molar-refractivity contribution in [1.29, 1.82) is 0 Å². The highest BCUT2D eigenvalue weighted by Gasteiger charge is 2.71. The number of hydrogen-bond donors (Lipinski definition) is 3. The van der Waals surface area contributed by atoms with Crippen LogP contribution in [0.25, 0.3) is 0 Å². The van der Waals surface area contributed by atoms with Gasteiger partial charge in [0.2, 0.25) is 0 Å². The quantitative estimate of drug-likeness (QED) is 0.557. The molecule has 4 aliphatic carbocycles. The molecule has 0 aromatic carbocycles. The molecule has 9 heteroatoms. The minimum Gasteiger partial charge on any atom is -0.393 e. The third-order valence-electron chi connectivity index (χ3n) is 9.29. The Morgan fingerprint density at radius 2 is 1.87 bits per heavy atom. The lowest BCUT2D eigenvalue weighted by atomic mass is 9.44. The number of ketones is 2. The van der Waals surface area contributed by atoms with E-state index >= 15 is 0 Å². The van der Waals surface area contributed by atoms with Crippen LogP contribution >= 0.6 is 0 Å². The molecular formula is C21H32O8S. The molecule has 0 aromatic heterocycles. The predicted molar refractivity (Wildman–Crippen MR) is 106 cm³/mol. The summed E-state index contributed by atoms with van der Waals surface area (Å²) in [6.07, 6.45) is 4.00. The Morgan fingerprint density at radius 3 is 2.50 bits per heavy atom. The van der Waals surface area contributed by atoms with Crippen LogP contribution in [0.5, 0.6) is 0 Å².